The maximum absolute atomic E-state index is 12.3. The van der Waals surface area contributed by atoms with Crippen LogP contribution in [0.4, 0.5) is 0 Å². The largest absolute Gasteiger partial charge is 0.494 e. The summed E-state index contributed by atoms with van der Waals surface area (Å²) in [6.07, 6.45) is 6.10. The molecular formula is C28H37NO3. The molecule has 1 aliphatic carbocycles. The van der Waals surface area contributed by atoms with E-state index in [1.165, 1.54) is 36.8 Å². The van der Waals surface area contributed by atoms with Gasteiger partial charge >= 0.3 is 0 Å². The molecule has 0 radical (unpaired) electrons. The van der Waals surface area contributed by atoms with Crippen LogP contribution < -0.4 is 10.1 Å². The van der Waals surface area contributed by atoms with E-state index in [4.69, 9.17) is 4.74 Å². The lowest BCUT2D eigenvalue weighted by Gasteiger charge is -2.18. The van der Waals surface area contributed by atoms with Crippen LogP contribution in [0.5, 0.6) is 5.75 Å². The fourth-order valence-corrected chi connectivity index (χ4v) is 4.85. The van der Waals surface area contributed by atoms with Crippen LogP contribution in [0.1, 0.15) is 92.6 Å². The number of nitrogens with one attached hydrogen (secondary N) is 1. The van der Waals surface area contributed by atoms with Gasteiger partial charge in [0.1, 0.15) is 11.5 Å². The van der Waals surface area contributed by atoms with Crippen molar-refractivity contribution < 1.29 is 14.3 Å². The monoisotopic (exact) mass is 435 g/mol. The zero-order valence-electron chi connectivity index (χ0n) is 19.7. The Labute approximate surface area is 192 Å². The van der Waals surface area contributed by atoms with Gasteiger partial charge in [0, 0.05) is 18.5 Å². The quantitative estimate of drug-likeness (QED) is 0.424. The number of benzene rings is 2. The van der Waals surface area contributed by atoms with Gasteiger partial charge in [0.15, 0.2) is 0 Å². The highest BCUT2D eigenvalue weighted by molar-refractivity contribution is 5.94. The summed E-state index contributed by atoms with van der Waals surface area (Å²) in [6, 6.07) is 16.6. The molecule has 4 nitrogen and oxygen atoms in total. The molecule has 0 aliphatic heterocycles. The number of rotatable bonds is 11. The molecule has 0 spiro atoms. The van der Waals surface area contributed by atoms with Crippen molar-refractivity contribution in [2.24, 2.45) is 5.92 Å². The lowest BCUT2D eigenvalue weighted by atomic mass is 9.88. The van der Waals surface area contributed by atoms with Gasteiger partial charge in [-0.2, -0.15) is 0 Å². The molecule has 1 amide bonds. The summed E-state index contributed by atoms with van der Waals surface area (Å²) < 4.78 is 5.66. The summed E-state index contributed by atoms with van der Waals surface area (Å²) in [7, 11) is 0. The molecule has 1 fully saturated rings. The van der Waals surface area contributed by atoms with E-state index in [0.717, 1.165) is 11.7 Å². The van der Waals surface area contributed by atoms with Gasteiger partial charge in [0.25, 0.3) is 5.91 Å². The van der Waals surface area contributed by atoms with E-state index in [2.05, 4.69) is 42.6 Å². The molecule has 2 aromatic rings. The molecule has 1 N–H and O–H groups in total. The molecule has 2 aromatic carbocycles. The van der Waals surface area contributed by atoms with Crippen LogP contribution in [0.15, 0.2) is 48.5 Å². The normalized spacial score (nSPS) is 18.8. The molecule has 1 saturated carbocycles. The lowest BCUT2D eigenvalue weighted by molar-refractivity contribution is -0.117. The van der Waals surface area contributed by atoms with E-state index in [9.17, 15) is 9.59 Å². The Kier molecular flexibility index (Phi) is 8.90. The van der Waals surface area contributed by atoms with E-state index in [1.54, 1.807) is 6.92 Å². The zero-order valence-corrected chi connectivity index (χ0v) is 19.7. The maximum atomic E-state index is 12.3. The van der Waals surface area contributed by atoms with Crippen molar-refractivity contribution in [3.05, 3.63) is 65.2 Å². The topological polar surface area (TPSA) is 55.4 Å². The number of Topliss-reactive ketones (excluding diaryl/α,β-unsaturated/α-hetero) is 1. The van der Waals surface area contributed by atoms with Crippen molar-refractivity contribution in [3.63, 3.8) is 0 Å². The minimum atomic E-state index is -0.0625. The van der Waals surface area contributed by atoms with Gasteiger partial charge in [0.05, 0.1) is 6.61 Å². The first-order valence-electron chi connectivity index (χ1n) is 12.1. The number of carbonyl (C=O) groups is 2. The zero-order chi connectivity index (χ0) is 22.9. The minimum absolute atomic E-state index is 0.0625. The summed E-state index contributed by atoms with van der Waals surface area (Å²) in [6.45, 7) is 7.15. The Morgan fingerprint density at radius 2 is 1.91 bits per heavy atom. The van der Waals surface area contributed by atoms with Crippen molar-refractivity contribution in [1.82, 2.24) is 5.32 Å². The van der Waals surface area contributed by atoms with Crippen molar-refractivity contribution >= 4 is 11.7 Å². The Morgan fingerprint density at radius 1 is 1.12 bits per heavy atom. The van der Waals surface area contributed by atoms with Gasteiger partial charge in [0.2, 0.25) is 0 Å². The molecule has 0 aromatic heterocycles. The van der Waals surface area contributed by atoms with E-state index in [-0.39, 0.29) is 11.7 Å². The molecule has 4 heteroatoms. The first kappa shape index (κ1) is 24.0. The lowest BCUT2D eigenvalue weighted by Crippen LogP contribution is -2.24. The Hall–Kier alpha value is -2.62. The van der Waals surface area contributed by atoms with Crippen molar-refractivity contribution in [1.29, 1.82) is 0 Å². The summed E-state index contributed by atoms with van der Waals surface area (Å²) in [4.78, 5) is 23.3. The summed E-state index contributed by atoms with van der Waals surface area (Å²) in [5.74, 6) is 2.89. The summed E-state index contributed by atoms with van der Waals surface area (Å²) >= 11 is 0. The number of ether oxygens (including phenoxy) is 1. The molecule has 0 heterocycles. The molecule has 32 heavy (non-hydrogen) atoms. The third-order valence-corrected chi connectivity index (χ3v) is 6.60. The highest BCUT2D eigenvalue weighted by atomic mass is 16.5. The molecule has 0 saturated heterocycles. The second-order valence-electron chi connectivity index (χ2n) is 9.20. The smallest absolute Gasteiger partial charge is 0.251 e. The van der Waals surface area contributed by atoms with Crippen LogP contribution in [0.2, 0.25) is 0 Å². The Morgan fingerprint density at radius 3 is 2.62 bits per heavy atom. The standard InChI is InChI=1S/C28H37NO3/c1-4-32-27-9-5-8-25(19-27)20(2)17-22-10-11-26(18-22)23-12-14-24(15-13-23)28(31)29-16-6-7-21(3)30/h5,8-9,12-15,19-20,22,26H,4,6-7,10-11,16-18H2,1-3H3,(H,29,31)/t20-,22?,26-/m0/s1. The third-order valence-electron chi connectivity index (χ3n) is 6.60. The predicted molar refractivity (Wildman–Crippen MR) is 129 cm³/mol. The third kappa shape index (κ3) is 6.94. The van der Waals surface area contributed by atoms with Crippen LogP contribution in [0.25, 0.3) is 0 Å². The van der Waals surface area contributed by atoms with Gasteiger partial charge in [-0.05, 0) is 99.1 Å². The molecule has 1 unspecified atom stereocenters. The van der Waals surface area contributed by atoms with E-state index in [1.807, 2.05) is 25.1 Å². The van der Waals surface area contributed by atoms with Crippen LogP contribution in [0.3, 0.4) is 0 Å². The van der Waals surface area contributed by atoms with Gasteiger partial charge < -0.3 is 14.8 Å². The number of amides is 1. The maximum Gasteiger partial charge on any atom is 0.251 e. The van der Waals surface area contributed by atoms with E-state index >= 15 is 0 Å². The number of hydrogen-bond donors (Lipinski definition) is 1. The molecular weight excluding hydrogens is 398 g/mol. The fourth-order valence-electron chi connectivity index (χ4n) is 4.85. The van der Waals surface area contributed by atoms with Gasteiger partial charge in [-0.1, -0.05) is 31.2 Å². The Balaban J connectivity index is 1.49. The highest BCUT2D eigenvalue weighted by Crippen LogP contribution is 2.42. The SMILES string of the molecule is CCOc1cccc([C@@H](C)CC2CC[C@H](c3ccc(C(=O)NCCCC(C)=O)cc3)C2)c1. The van der Waals surface area contributed by atoms with Crippen LogP contribution in [0, 0.1) is 5.92 Å². The Bertz CT molecular complexity index is 890. The summed E-state index contributed by atoms with van der Waals surface area (Å²) in [5, 5.41) is 2.90. The molecule has 3 rings (SSSR count). The average Bonchev–Trinajstić information content (AvgIpc) is 3.25. The molecule has 1 aliphatic rings. The van der Waals surface area contributed by atoms with E-state index < -0.39 is 0 Å². The first-order valence-corrected chi connectivity index (χ1v) is 12.1. The van der Waals surface area contributed by atoms with Gasteiger partial charge in [-0.25, -0.2) is 0 Å². The van der Waals surface area contributed by atoms with Gasteiger partial charge in [-0.3, -0.25) is 4.79 Å². The van der Waals surface area contributed by atoms with Gasteiger partial charge in [-0.15, -0.1) is 0 Å². The summed E-state index contributed by atoms with van der Waals surface area (Å²) in [5.41, 5.74) is 3.39. The first-order chi connectivity index (χ1) is 15.5. The van der Waals surface area contributed by atoms with Crippen LogP contribution >= 0.6 is 0 Å². The number of hydrogen-bond acceptors (Lipinski definition) is 3. The second kappa shape index (κ2) is 11.8. The van der Waals surface area contributed by atoms with Crippen LogP contribution in [-0.4, -0.2) is 24.8 Å². The molecule has 0 bridgehead atoms. The molecule has 172 valence electrons. The second-order valence-corrected chi connectivity index (χ2v) is 9.20. The van der Waals surface area contributed by atoms with Crippen LogP contribution in [-0.2, 0) is 4.79 Å². The van der Waals surface area contributed by atoms with Crippen molar-refractivity contribution in [3.8, 4) is 5.75 Å². The average molecular weight is 436 g/mol. The fraction of sp³-hybridized carbons (Fsp3) is 0.500. The number of ketones is 1. The van der Waals surface area contributed by atoms with E-state index in [0.29, 0.717) is 43.4 Å². The van der Waals surface area contributed by atoms with Crippen molar-refractivity contribution in [2.75, 3.05) is 13.2 Å². The minimum Gasteiger partial charge on any atom is -0.494 e. The van der Waals surface area contributed by atoms with Crippen molar-refractivity contribution in [2.45, 2.75) is 71.1 Å². The highest BCUT2D eigenvalue weighted by Gasteiger charge is 2.27. The molecule has 3 atom stereocenters. The number of carbonyl (C=O) groups excluding carboxylic acids is 2. The predicted octanol–water partition coefficient (Wildman–Crippen LogP) is 6.26.